The highest BCUT2D eigenvalue weighted by Crippen LogP contribution is 2.20. The van der Waals surface area contributed by atoms with Gasteiger partial charge in [0.2, 0.25) is 0 Å². The van der Waals surface area contributed by atoms with E-state index in [4.69, 9.17) is 17.3 Å². The molecule has 106 valence electrons. The largest absolute Gasteiger partial charge is 0.324 e. The van der Waals surface area contributed by atoms with Gasteiger partial charge in [-0.15, -0.1) is 0 Å². The van der Waals surface area contributed by atoms with Gasteiger partial charge in [0.15, 0.2) is 0 Å². The van der Waals surface area contributed by atoms with Gasteiger partial charge < -0.3 is 11.1 Å². The van der Waals surface area contributed by atoms with Crippen LogP contribution in [-0.2, 0) is 0 Å². The minimum absolute atomic E-state index is 0.276. The number of nitrogens with one attached hydrogen (secondary N) is 2. The molecule has 0 radical (unpaired) electrons. The number of urea groups is 1. The van der Waals surface area contributed by atoms with Gasteiger partial charge in [0, 0.05) is 11.8 Å². The van der Waals surface area contributed by atoms with Crippen LogP contribution < -0.4 is 16.4 Å². The Hall–Kier alpha value is -2.55. The number of hydrogen-bond acceptors (Lipinski definition) is 3. The minimum Gasteiger partial charge on any atom is -0.320 e. The molecular formula is C15H13ClN4O. The highest BCUT2D eigenvalue weighted by molar-refractivity contribution is 6.33. The summed E-state index contributed by atoms with van der Waals surface area (Å²) in [6.07, 6.45) is 1.56. The van der Waals surface area contributed by atoms with E-state index in [1.54, 1.807) is 42.6 Å². The molecule has 0 aliphatic heterocycles. The van der Waals surface area contributed by atoms with Gasteiger partial charge in [-0.1, -0.05) is 35.6 Å². The molecule has 5 nitrogen and oxygen atoms in total. The molecule has 6 heteroatoms. The highest BCUT2D eigenvalue weighted by Gasteiger charge is 2.06. The molecule has 1 aromatic heterocycles. The van der Waals surface area contributed by atoms with Gasteiger partial charge in [-0.3, -0.25) is 5.32 Å². The van der Waals surface area contributed by atoms with E-state index in [0.29, 0.717) is 16.5 Å². The second-order valence-corrected chi connectivity index (χ2v) is 4.40. The molecule has 0 unspecified atom stereocenters. The Morgan fingerprint density at radius 3 is 2.86 bits per heavy atom. The van der Waals surface area contributed by atoms with Gasteiger partial charge in [0.25, 0.3) is 0 Å². The molecule has 0 aliphatic rings. The molecule has 0 bridgehead atoms. The number of aromatic nitrogens is 1. The molecule has 0 atom stereocenters. The summed E-state index contributed by atoms with van der Waals surface area (Å²) in [6.45, 7) is 0.276. The van der Waals surface area contributed by atoms with E-state index in [9.17, 15) is 4.79 Å². The van der Waals surface area contributed by atoms with Crippen molar-refractivity contribution >= 4 is 29.1 Å². The van der Waals surface area contributed by atoms with Gasteiger partial charge in [-0.25, -0.2) is 9.78 Å². The maximum atomic E-state index is 11.9. The number of halogens is 1. The summed E-state index contributed by atoms with van der Waals surface area (Å²) >= 11 is 5.97. The van der Waals surface area contributed by atoms with Crippen molar-refractivity contribution in [3.05, 3.63) is 53.2 Å². The molecule has 21 heavy (non-hydrogen) atoms. The number of nitrogens with zero attached hydrogens (tertiary/aromatic N) is 1. The average molecular weight is 301 g/mol. The lowest BCUT2D eigenvalue weighted by molar-refractivity contribution is 0.262. The predicted molar refractivity (Wildman–Crippen MR) is 84.3 cm³/mol. The first kappa shape index (κ1) is 14.9. The Morgan fingerprint density at radius 1 is 1.29 bits per heavy atom. The lowest BCUT2D eigenvalue weighted by Gasteiger charge is -2.08. The van der Waals surface area contributed by atoms with Crippen molar-refractivity contribution in [1.82, 2.24) is 4.98 Å². The fraction of sp³-hybridized carbons (Fsp3) is 0.0667. The number of nitrogens with two attached hydrogens (primary N) is 1. The van der Waals surface area contributed by atoms with E-state index in [2.05, 4.69) is 27.5 Å². The molecule has 0 fully saturated rings. The van der Waals surface area contributed by atoms with Crippen molar-refractivity contribution in [2.75, 3.05) is 17.2 Å². The van der Waals surface area contributed by atoms with Crippen molar-refractivity contribution in [3.8, 4) is 11.8 Å². The third kappa shape index (κ3) is 4.49. The number of carbonyl (C=O) groups is 1. The Bertz CT molecular complexity index is 706. The van der Waals surface area contributed by atoms with E-state index in [1.165, 1.54) is 0 Å². The van der Waals surface area contributed by atoms with Crippen LogP contribution in [0.5, 0.6) is 0 Å². The van der Waals surface area contributed by atoms with Crippen LogP contribution in [0, 0.1) is 11.8 Å². The molecule has 0 saturated heterocycles. The number of benzene rings is 1. The van der Waals surface area contributed by atoms with Gasteiger partial charge >= 0.3 is 6.03 Å². The summed E-state index contributed by atoms with van der Waals surface area (Å²) in [5.41, 5.74) is 6.56. The molecule has 4 N–H and O–H groups in total. The average Bonchev–Trinajstić information content (AvgIpc) is 2.48. The molecule has 0 saturated carbocycles. The standard InChI is InChI=1S/C15H13ClN4O/c16-12-5-1-2-6-13(12)19-15(21)20-14-10-11(4-3-8-17)7-9-18-14/h1-2,5-7,9-10H,8,17H2,(H2,18,19,20,21). The van der Waals surface area contributed by atoms with Crippen molar-refractivity contribution in [1.29, 1.82) is 0 Å². The fourth-order valence-electron chi connectivity index (χ4n) is 1.56. The zero-order valence-electron chi connectivity index (χ0n) is 11.1. The smallest absolute Gasteiger partial charge is 0.320 e. The van der Waals surface area contributed by atoms with Crippen LogP contribution in [-0.4, -0.2) is 17.6 Å². The predicted octanol–water partition coefficient (Wildman–Crippen LogP) is 2.69. The molecule has 1 aromatic carbocycles. The fourth-order valence-corrected chi connectivity index (χ4v) is 1.75. The van der Waals surface area contributed by atoms with E-state index in [1.807, 2.05) is 0 Å². The molecule has 2 rings (SSSR count). The van der Waals surface area contributed by atoms with Crippen LogP contribution in [0.2, 0.25) is 5.02 Å². The summed E-state index contributed by atoms with van der Waals surface area (Å²) in [4.78, 5) is 15.9. The first-order chi connectivity index (χ1) is 10.2. The van der Waals surface area contributed by atoms with Crippen LogP contribution in [0.15, 0.2) is 42.6 Å². The van der Waals surface area contributed by atoms with E-state index in [0.717, 1.165) is 5.56 Å². The second-order valence-electron chi connectivity index (χ2n) is 3.99. The van der Waals surface area contributed by atoms with E-state index in [-0.39, 0.29) is 6.54 Å². The van der Waals surface area contributed by atoms with Gasteiger partial charge in [0.1, 0.15) is 5.82 Å². The third-order valence-electron chi connectivity index (χ3n) is 2.46. The number of anilines is 2. The number of pyridine rings is 1. The van der Waals surface area contributed by atoms with Crippen molar-refractivity contribution in [2.24, 2.45) is 5.73 Å². The van der Waals surface area contributed by atoms with Gasteiger partial charge in [0.05, 0.1) is 17.3 Å². The van der Waals surface area contributed by atoms with E-state index >= 15 is 0 Å². The summed E-state index contributed by atoms with van der Waals surface area (Å²) in [5, 5.41) is 5.72. The zero-order valence-corrected chi connectivity index (χ0v) is 11.8. The van der Waals surface area contributed by atoms with Crippen molar-refractivity contribution in [3.63, 3.8) is 0 Å². The molecular weight excluding hydrogens is 288 g/mol. The van der Waals surface area contributed by atoms with Crippen LogP contribution in [0.4, 0.5) is 16.3 Å². The Balaban J connectivity index is 2.04. The number of carbonyl (C=O) groups excluding carboxylic acids is 1. The Labute approximate surface area is 127 Å². The second kappa shape index (κ2) is 7.29. The monoisotopic (exact) mass is 300 g/mol. The Kier molecular flexibility index (Phi) is 5.16. The zero-order chi connectivity index (χ0) is 15.1. The minimum atomic E-state index is -0.431. The topological polar surface area (TPSA) is 80.0 Å². The van der Waals surface area contributed by atoms with Crippen LogP contribution in [0.3, 0.4) is 0 Å². The summed E-state index contributed by atoms with van der Waals surface area (Å²) < 4.78 is 0. The lowest BCUT2D eigenvalue weighted by Crippen LogP contribution is -2.20. The van der Waals surface area contributed by atoms with Crippen LogP contribution in [0.25, 0.3) is 0 Å². The first-order valence-electron chi connectivity index (χ1n) is 6.16. The number of hydrogen-bond donors (Lipinski definition) is 3. The number of amides is 2. The van der Waals surface area contributed by atoms with E-state index < -0.39 is 6.03 Å². The maximum Gasteiger partial charge on any atom is 0.324 e. The maximum absolute atomic E-state index is 11.9. The molecule has 1 heterocycles. The van der Waals surface area contributed by atoms with Crippen molar-refractivity contribution in [2.45, 2.75) is 0 Å². The normalized spacial score (nSPS) is 9.43. The van der Waals surface area contributed by atoms with Crippen LogP contribution in [0.1, 0.15) is 5.56 Å². The Morgan fingerprint density at radius 2 is 2.10 bits per heavy atom. The van der Waals surface area contributed by atoms with Crippen molar-refractivity contribution < 1.29 is 4.79 Å². The molecule has 0 aliphatic carbocycles. The van der Waals surface area contributed by atoms with Gasteiger partial charge in [-0.2, -0.15) is 0 Å². The summed E-state index contributed by atoms with van der Waals surface area (Å²) in [5.74, 6) is 6.00. The quantitative estimate of drug-likeness (QED) is 0.746. The SMILES string of the molecule is NCC#Cc1ccnc(NC(=O)Nc2ccccc2Cl)c1. The number of para-hydroxylation sites is 1. The number of rotatable bonds is 2. The summed E-state index contributed by atoms with van der Waals surface area (Å²) in [7, 11) is 0. The van der Waals surface area contributed by atoms with Crippen LogP contribution >= 0.6 is 11.6 Å². The lowest BCUT2D eigenvalue weighted by atomic mass is 10.2. The molecule has 2 amide bonds. The first-order valence-corrected chi connectivity index (χ1v) is 6.54. The third-order valence-corrected chi connectivity index (χ3v) is 2.79. The summed E-state index contributed by atoms with van der Waals surface area (Å²) in [6, 6.07) is 9.93. The van der Waals surface area contributed by atoms with Gasteiger partial charge in [-0.05, 0) is 24.3 Å². The highest BCUT2D eigenvalue weighted by atomic mass is 35.5. The molecule has 0 spiro atoms. The molecule has 2 aromatic rings.